The lowest BCUT2D eigenvalue weighted by molar-refractivity contribution is -0.115. The minimum Gasteiger partial charge on any atom is -0.326 e. The van der Waals surface area contributed by atoms with Gasteiger partial charge in [0.05, 0.1) is 16.5 Å². The summed E-state index contributed by atoms with van der Waals surface area (Å²) in [5, 5.41) is 4.17. The number of hydrogen-bond acceptors (Lipinski definition) is 1. The van der Waals surface area contributed by atoms with E-state index in [0.717, 1.165) is 5.56 Å². The van der Waals surface area contributed by atoms with Crippen LogP contribution in [0.1, 0.15) is 5.56 Å². The molecule has 2 aromatic carbocycles. The number of carbonyl (C=O) groups is 1. The van der Waals surface area contributed by atoms with Crippen molar-refractivity contribution in [1.82, 2.24) is 0 Å². The Bertz CT molecular complexity index is 613. The standard InChI is InChI=1S/C14H10Cl3NO/c15-11-4-2-1-3-9(11)7-14(19)18-10-5-6-12(16)13(17)8-10/h1-6,8H,7H2,(H,18,19). The molecule has 0 atom stereocenters. The van der Waals surface area contributed by atoms with Gasteiger partial charge in [-0.2, -0.15) is 0 Å². The van der Waals surface area contributed by atoms with Gasteiger partial charge in [-0.1, -0.05) is 53.0 Å². The molecule has 2 nitrogen and oxygen atoms in total. The molecule has 1 amide bonds. The van der Waals surface area contributed by atoms with E-state index in [1.807, 2.05) is 18.2 Å². The van der Waals surface area contributed by atoms with Gasteiger partial charge in [0.15, 0.2) is 0 Å². The Morgan fingerprint density at radius 3 is 2.37 bits per heavy atom. The van der Waals surface area contributed by atoms with E-state index in [9.17, 15) is 4.79 Å². The lowest BCUT2D eigenvalue weighted by Crippen LogP contribution is -2.14. The lowest BCUT2D eigenvalue weighted by Gasteiger charge is -2.07. The second-order valence-electron chi connectivity index (χ2n) is 3.95. The first-order valence-electron chi connectivity index (χ1n) is 5.54. The van der Waals surface area contributed by atoms with Crippen molar-refractivity contribution in [3.63, 3.8) is 0 Å². The van der Waals surface area contributed by atoms with E-state index in [2.05, 4.69) is 5.32 Å². The van der Waals surface area contributed by atoms with Crippen molar-refractivity contribution < 1.29 is 4.79 Å². The van der Waals surface area contributed by atoms with Crippen LogP contribution in [0.2, 0.25) is 15.1 Å². The Balaban J connectivity index is 2.05. The van der Waals surface area contributed by atoms with Gasteiger partial charge in [0, 0.05) is 10.7 Å². The summed E-state index contributed by atoms with van der Waals surface area (Å²) in [5.74, 6) is -0.161. The van der Waals surface area contributed by atoms with Gasteiger partial charge in [-0.05, 0) is 29.8 Å². The average Bonchev–Trinajstić information content (AvgIpc) is 2.37. The van der Waals surface area contributed by atoms with E-state index >= 15 is 0 Å². The molecular weight excluding hydrogens is 305 g/mol. The van der Waals surface area contributed by atoms with E-state index in [0.29, 0.717) is 20.8 Å². The molecule has 0 saturated heterocycles. The molecule has 0 aromatic heterocycles. The van der Waals surface area contributed by atoms with E-state index in [4.69, 9.17) is 34.8 Å². The SMILES string of the molecule is O=C(Cc1ccccc1Cl)Nc1ccc(Cl)c(Cl)c1. The van der Waals surface area contributed by atoms with Crippen molar-refractivity contribution in [1.29, 1.82) is 0 Å². The highest BCUT2D eigenvalue weighted by Gasteiger charge is 2.08. The van der Waals surface area contributed by atoms with E-state index in [1.165, 1.54) is 0 Å². The van der Waals surface area contributed by atoms with E-state index in [-0.39, 0.29) is 12.3 Å². The van der Waals surface area contributed by atoms with Gasteiger partial charge in [-0.25, -0.2) is 0 Å². The number of amides is 1. The summed E-state index contributed by atoms with van der Waals surface area (Å²) in [6, 6.07) is 12.2. The third kappa shape index (κ3) is 3.87. The van der Waals surface area contributed by atoms with Crippen molar-refractivity contribution in [3.05, 3.63) is 63.1 Å². The highest BCUT2D eigenvalue weighted by Crippen LogP contribution is 2.25. The summed E-state index contributed by atoms with van der Waals surface area (Å²) in [5.41, 5.74) is 1.38. The number of nitrogens with one attached hydrogen (secondary N) is 1. The van der Waals surface area contributed by atoms with Crippen molar-refractivity contribution in [3.8, 4) is 0 Å². The highest BCUT2D eigenvalue weighted by molar-refractivity contribution is 6.42. The molecule has 2 aromatic rings. The zero-order valence-electron chi connectivity index (χ0n) is 9.79. The van der Waals surface area contributed by atoms with Crippen LogP contribution in [0.25, 0.3) is 0 Å². The minimum atomic E-state index is -0.161. The quantitative estimate of drug-likeness (QED) is 0.864. The summed E-state index contributed by atoms with van der Waals surface area (Å²) in [6.45, 7) is 0. The molecule has 0 bridgehead atoms. The number of anilines is 1. The predicted molar refractivity (Wildman–Crippen MR) is 80.2 cm³/mol. The third-order valence-electron chi connectivity index (χ3n) is 2.51. The zero-order valence-corrected chi connectivity index (χ0v) is 12.1. The van der Waals surface area contributed by atoms with Crippen LogP contribution in [0.3, 0.4) is 0 Å². The lowest BCUT2D eigenvalue weighted by atomic mass is 10.1. The van der Waals surface area contributed by atoms with Crippen molar-refractivity contribution >= 4 is 46.4 Å². The molecule has 1 N–H and O–H groups in total. The number of halogens is 3. The Hall–Kier alpha value is -1.22. The minimum absolute atomic E-state index is 0.161. The fourth-order valence-electron chi connectivity index (χ4n) is 1.59. The maximum atomic E-state index is 11.9. The number of hydrogen-bond donors (Lipinski definition) is 1. The van der Waals surface area contributed by atoms with Crippen LogP contribution < -0.4 is 5.32 Å². The Labute approximate surface area is 126 Å². The van der Waals surface area contributed by atoms with Gasteiger partial charge in [-0.15, -0.1) is 0 Å². The molecule has 0 spiro atoms. The summed E-state index contributed by atoms with van der Waals surface area (Å²) in [4.78, 5) is 11.9. The Morgan fingerprint density at radius 2 is 1.68 bits per heavy atom. The second kappa shape index (κ2) is 6.29. The van der Waals surface area contributed by atoms with Gasteiger partial charge < -0.3 is 5.32 Å². The molecule has 2 rings (SSSR count). The third-order valence-corrected chi connectivity index (χ3v) is 3.62. The van der Waals surface area contributed by atoms with Crippen LogP contribution in [0.5, 0.6) is 0 Å². The molecule has 0 heterocycles. The second-order valence-corrected chi connectivity index (χ2v) is 5.17. The topological polar surface area (TPSA) is 29.1 Å². The van der Waals surface area contributed by atoms with E-state index < -0.39 is 0 Å². The zero-order chi connectivity index (χ0) is 13.8. The van der Waals surface area contributed by atoms with Gasteiger partial charge in [0.1, 0.15) is 0 Å². The first kappa shape index (κ1) is 14.2. The first-order chi connectivity index (χ1) is 9.06. The molecule has 19 heavy (non-hydrogen) atoms. The maximum Gasteiger partial charge on any atom is 0.228 e. The van der Waals surface area contributed by atoms with Crippen molar-refractivity contribution in [2.24, 2.45) is 0 Å². The summed E-state index contributed by atoms with van der Waals surface area (Å²) in [7, 11) is 0. The van der Waals surface area contributed by atoms with Crippen molar-refractivity contribution in [2.45, 2.75) is 6.42 Å². The summed E-state index contributed by atoms with van der Waals surface area (Å²) in [6.07, 6.45) is 0.208. The smallest absolute Gasteiger partial charge is 0.228 e. The fourth-order valence-corrected chi connectivity index (χ4v) is 2.09. The molecular formula is C14H10Cl3NO. The van der Waals surface area contributed by atoms with Crippen molar-refractivity contribution in [2.75, 3.05) is 5.32 Å². The predicted octanol–water partition coefficient (Wildman–Crippen LogP) is 4.83. The molecule has 0 aliphatic heterocycles. The molecule has 98 valence electrons. The fraction of sp³-hybridized carbons (Fsp3) is 0.0714. The van der Waals surface area contributed by atoms with Crippen LogP contribution in [0, 0.1) is 0 Å². The molecule has 0 fully saturated rings. The highest BCUT2D eigenvalue weighted by atomic mass is 35.5. The van der Waals surface area contributed by atoms with Crippen LogP contribution in [0.4, 0.5) is 5.69 Å². The normalized spacial score (nSPS) is 10.3. The van der Waals surface area contributed by atoms with Crippen LogP contribution in [0.15, 0.2) is 42.5 Å². The largest absolute Gasteiger partial charge is 0.326 e. The molecule has 0 aliphatic carbocycles. The van der Waals surface area contributed by atoms with E-state index in [1.54, 1.807) is 24.3 Å². The van der Waals surface area contributed by atoms with Crippen LogP contribution in [-0.2, 0) is 11.2 Å². The Kier molecular flexibility index (Phi) is 4.70. The summed E-state index contributed by atoms with van der Waals surface area (Å²) >= 11 is 17.7. The molecule has 0 aliphatic rings. The average molecular weight is 315 g/mol. The Morgan fingerprint density at radius 1 is 0.947 bits per heavy atom. The van der Waals surface area contributed by atoms with Gasteiger partial charge >= 0.3 is 0 Å². The van der Waals surface area contributed by atoms with Gasteiger partial charge in [0.2, 0.25) is 5.91 Å². The molecule has 0 unspecified atom stereocenters. The summed E-state index contributed by atoms with van der Waals surface area (Å²) < 4.78 is 0. The van der Waals surface area contributed by atoms with Crippen LogP contribution in [-0.4, -0.2) is 5.91 Å². The van der Waals surface area contributed by atoms with Gasteiger partial charge in [-0.3, -0.25) is 4.79 Å². The molecule has 0 saturated carbocycles. The number of rotatable bonds is 3. The molecule has 0 radical (unpaired) electrons. The molecule has 5 heteroatoms. The van der Waals surface area contributed by atoms with Gasteiger partial charge in [0.25, 0.3) is 0 Å². The van der Waals surface area contributed by atoms with Crippen LogP contribution >= 0.6 is 34.8 Å². The maximum absolute atomic E-state index is 11.9. The monoisotopic (exact) mass is 313 g/mol. The first-order valence-corrected chi connectivity index (χ1v) is 6.68. The number of benzene rings is 2. The number of carbonyl (C=O) groups excluding carboxylic acids is 1.